The highest BCUT2D eigenvalue weighted by molar-refractivity contribution is 7.89. The molecular weight excluding hydrogens is 238 g/mol. The van der Waals surface area contributed by atoms with Gasteiger partial charge >= 0.3 is 0 Å². The van der Waals surface area contributed by atoms with E-state index in [1.807, 2.05) is 20.8 Å². The molecule has 0 saturated carbocycles. The van der Waals surface area contributed by atoms with Crippen molar-refractivity contribution < 1.29 is 8.42 Å². The molecule has 0 aliphatic heterocycles. The molecule has 0 radical (unpaired) electrons. The highest BCUT2D eigenvalue weighted by Gasteiger charge is 2.25. The summed E-state index contributed by atoms with van der Waals surface area (Å²) in [6, 6.07) is 3.00. The maximum Gasteiger partial charge on any atom is 0.243 e. The molecule has 0 unspecified atom stereocenters. The molecule has 0 spiro atoms. The Bertz CT molecular complexity index is 471. The lowest BCUT2D eigenvalue weighted by Gasteiger charge is -2.24. The Balaban J connectivity index is 3.20. The molecule has 1 aromatic heterocycles. The third-order valence-electron chi connectivity index (χ3n) is 2.48. The Morgan fingerprint density at radius 3 is 2.59 bits per heavy atom. The molecule has 1 heterocycles. The fraction of sp³-hybridized carbons (Fsp3) is 0.545. The van der Waals surface area contributed by atoms with Gasteiger partial charge in [-0.15, -0.1) is 0 Å². The second-order valence-electron chi connectivity index (χ2n) is 3.93. The zero-order valence-corrected chi connectivity index (χ0v) is 11.5. The van der Waals surface area contributed by atoms with Crippen molar-refractivity contribution in [1.82, 2.24) is 9.29 Å². The van der Waals surface area contributed by atoms with Crippen molar-refractivity contribution in [1.29, 1.82) is 0 Å². The van der Waals surface area contributed by atoms with Gasteiger partial charge in [0.2, 0.25) is 10.0 Å². The van der Waals surface area contributed by atoms with Gasteiger partial charge in [-0.3, -0.25) is 0 Å². The molecule has 0 bridgehead atoms. The number of nitrogens with zero attached hydrogens (tertiary/aromatic N) is 2. The molecule has 96 valence electrons. The van der Waals surface area contributed by atoms with Crippen molar-refractivity contribution in [2.24, 2.45) is 0 Å². The van der Waals surface area contributed by atoms with Crippen molar-refractivity contribution in [3.05, 3.63) is 18.3 Å². The smallest absolute Gasteiger partial charge is 0.243 e. The average molecular weight is 257 g/mol. The van der Waals surface area contributed by atoms with Crippen LogP contribution >= 0.6 is 0 Å². The third-order valence-corrected chi connectivity index (χ3v) is 4.63. The molecular formula is C11H19N3O2S. The summed E-state index contributed by atoms with van der Waals surface area (Å²) in [5.41, 5.74) is 0. The van der Waals surface area contributed by atoms with Crippen molar-refractivity contribution in [3.8, 4) is 0 Å². The minimum atomic E-state index is -3.43. The number of rotatable bonds is 5. The third kappa shape index (κ3) is 2.95. The molecule has 6 heteroatoms. The second kappa shape index (κ2) is 5.46. The van der Waals surface area contributed by atoms with E-state index in [1.165, 1.54) is 16.6 Å². The quantitative estimate of drug-likeness (QED) is 0.869. The average Bonchev–Trinajstić information content (AvgIpc) is 2.29. The maximum absolute atomic E-state index is 12.3. The number of nitrogens with one attached hydrogen (secondary N) is 1. The van der Waals surface area contributed by atoms with Crippen LogP contribution in [0.4, 0.5) is 5.82 Å². The van der Waals surface area contributed by atoms with Gasteiger partial charge in [0.25, 0.3) is 0 Å². The van der Waals surface area contributed by atoms with E-state index in [2.05, 4.69) is 10.3 Å². The van der Waals surface area contributed by atoms with Gasteiger partial charge in [0, 0.05) is 31.9 Å². The van der Waals surface area contributed by atoms with Crippen LogP contribution in [0.3, 0.4) is 0 Å². The van der Waals surface area contributed by atoms with Gasteiger partial charge in [-0.1, -0.05) is 6.92 Å². The van der Waals surface area contributed by atoms with Crippen LogP contribution in [0.2, 0.25) is 0 Å². The molecule has 1 aromatic rings. The number of sulfonamides is 1. The van der Waals surface area contributed by atoms with E-state index in [1.54, 1.807) is 13.1 Å². The van der Waals surface area contributed by atoms with Crippen LogP contribution in [0.25, 0.3) is 0 Å². The van der Waals surface area contributed by atoms with Gasteiger partial charge in [0.15, 0.2) is 0 Å². The molecule has 0 aromatic carbocycles. The van der Waals surface area contributed by atoms with Gasteiger partial charge in [0.1, 0.15) is 5.82 Å². The predicted molar refractivity (Wildman–Crippen MR) is 68.5 cm³/mol. The molecule has 0 atom stereocenters. The molecule has 0 fully saturated rings. The van der Waals surface area contributed by atoms with Crippen LogP contribution in [0.1, 0.15) is 20.8 Å². The molecule has 0 aliphatic carbocycles. The van der Waals surface area contributed by atoms with Gasteiger partial charge in [-0.25, -0.2) is 13.4 Å². The van der Waals surface area contributed by atoms with E-state index in [0.29, 0.717) is 12.4 Å². The minimum Gasteiger partial charge on any atom is -0.373 e. The van der Waals surface area contributed by atoms with Gasteiger partial charge in [0.05, 0.1) is 4.90 Å². The molecule has 1 rings (SSSR count). The highest BCUT2D eigenvalue weighted by Crippen LogP contribution is 2.19. The summed E-state index contributed by atoms with van der Waals surface area (Å²) in [6.45, 7) is 6.01. The van der Waals surface area contributed by atoms with Crippen LogP contribution in [0.15, 0.2) is 23.2 Å². The Morgan fingerprint density at radius 2 is 2.12 bits per heavy atom. The highest BCUT2D eigenvalue weighted by atomic mass is 32.2. The number of hydrogen-bond donors (Lipinski definition) is 1. The van der Waals surface area contributed by atoms with Crippen molar-refractivity contribution in [2.45, 2.75) is 31.7 Å². The summed E-state index contributed by atoms with van der Waals surface area (Å²) in [5.74, 6) is 0.547. The van der Waals surface area contributed by atoms with E-state index < -0.39 is 10.0 Å². The molecule has 1 N–H and O–H groups in total. The van der Waals surface area contributed by atoms with E-state index in [0.717, 1.165) is 0 Å². The summed E-state index contributed by atoms with van der Waals surface area (Å²) in [7, 11) is -1.72. The minimum absolute atomic E-state index is 0.0591. The maximum atomic E-state index is 12.3. The first-order chi connectivity index (χ1) is 7.93. The number of anilines is 1. The van der Waals surface area contributed by atoms with Crippen LogP contribution < -0.4 is 5.32 Å². The Kier molecular flexibility index (Phi) is 4.47. The Hall–Kier alpha value is -1.14. The van der Waals surface area contributed by atoms with Crippen molar-refractivity contribution >= 4 is 15.8 Å². The van der Waals surface area contributed by atoms with Gasteiger partial charge < -0.3 is 5.32 Å². The summed E-state index contributed by atoms with van der Waals surface area (Å²) >= 11 is 0. The molecule has 5 nitrogen and oxygen atoms in total. The standard InChI is InChI=1S/C11H19N3O2S/c1-5-14(9(2)3)17(15,16)10-6-7-13-11(8-10)12-4/h6-9H,5H2,1-4H3,(H,12,13). The lowest BCUT2D eigenvalue weighted by Crippen LogP contribution is -2.36. The lowest BCUT2D eigenvalue weighted by molar-refractivity contribution is 0.369. The van der Waals surface area contributed by atoms with Gasteiger partial charge in [-0.05, 0) is 19.9 Å². The second-order valence-corrected chi connectivity index (χ2v) is 5.82. The predicted octanol–water partition coefficient (Wildman–Crippen LogP) is 1.54. The summed E-state index contributed by atoms with van der Waals surface area (Å²) < 4.78 is 26.1. The molecule has 0 amide bonds. The normalized spacial score (nSPS) is 12.1. The Labute approximate surface area is 103 Å². The molecule has 0 aliphatic rings. The topological polar surface area (TPSA) is 62.3 Å². The van der Waals surface area contributed by atoms with Crippen LogP contribution in [-0.2, 0) is 10.0 Å². The zero-order chi connectivity index (χ0) is 13.1. The zero-order valence-electron chi connectivity index (χ0n) is 10.6. The van der Waals surface area contributed by atoms with E-state index in [9.17, 15) is 8.42 Å². The molecule has 0 saturated heterocycles. The lowest BCUT2D eigenvalue weighted by atomic mass is 10.4. The summed E-state index contributed by atoms with van der Waals surface area (Å²) in [4.78, 5) is 4.28. The SMILES string of the molecule is CCN(C(C)C)S(=O)(=O)c1ccnc(NC)c1. The van der Waals surface area contributed by atoms with Gasteiger partial charge in [-0.2, -0.15) is 4.31 Å². The summed E-state index contributed by atoms with van der Waals surface area (Å²) in [5, 5.41) is 2.83. The number of aromatic nitrogens is 1. The van der Waals surface area contributed by atoms with Crippen molar-refractivity contribution in [3.63, 3.8) is 0 Å². The molecule has 17 heavy (non-hydrogen) atoms. The van der Waals surface area contributed by atoms with Crippen LogP contribution in [0, 0.1) is 0 Å². The van der Waals surface area contributed by atoms with Crippen LogP contribution in [-0.4, -0.2) is 37.3 Å². The Morgan fingerprint density at radius 1 is 1.47 bits per heavy atom. The number of pyridine rings is 1. The fourth-order valence-corrected chi connectivity index (χ4v) is 3.32. The van der Waals surface area contributed by atoms with Crippen molar-refractivity contribution in [2.75, 3.05) is 18.9 Å². The largest absolute Gasteiger partial charge is 0.373 e. The first-order valence-corrected chi connectivity index (χ1v) is 7.03. The first kappa shape index (κ1) is 13.9. The fourth-order valence-electron chi connectivity index (χ4n) is 1.66. The van der Waals surface area contributed by atoms with E-state index >= 15 is 0 Å². The van der Waals surface area contributed by atoms with E-state index in [4.69, 9.17) is 0 Å². The number of hydrogen-bond acceptors (Lipinski definition) is 4. The first-order valence-electron chi connectivity index (χ1n) is 5.59. The summed E-state index contributed by atoms with van der Waals surface area (Å²) in [6.07, 6.45) is 1.49. The van der Waals surface area contributed by atoms with E-state index in [-0.39, 0.29) is 10.9 Å². The monoisotopic (exact) mass is 257 g/mol. The van der Waals surface area contributed by atoms with Crippen LogP contribution in [0.5, 0.6) is 0 Å².